The summed E-state index contributed by atoms with van der Waals surface area (Å²) in [5, 5.41) is 13.6. The molecule has 1 fully saturated rings. The molecule has 8 nitrogen and oxygen atoms in total. The molecular weight excluding hydrogens is 519 g/mol. The molecule has 1 aliphatic rings. The SMILES string of the molecule is Cc1cnc(-c2cc(-c3ccc([S+]([O-])N4CC[C@@H](Nc5ccc(C(F)(F)F)cn5)[C@@H](O)C4)cc3)ccn2)o1. The minimum Gasteiger partial charge on any atom is -0.593 e. The summed E-state index contributed by atoms with van der Waals surface area (Å²) in [6.45, 7) is 2.37. The van der Waals surface area contributed by atoms with E-state index in [0.29, 0.717) is 35.2 Å². The molecule has 1 saturated heterocycles. The molecule has 0 amide bonds. The number of piperidine rings is 1. The fourth-order valence-electron chi connectivity index (χ4n) is 4.17. The number of β-amino-alcohol motifs (C(OH)–C–C–N with tert-alkyl or cyclic N) is 1. The van der Waals surface area contributed by atoms with E-state index in [1.54, 1.807) is 28.8 Å². The topological polar surface area (TPSA) is 110 Å². The van der Waals surface area contributed by atoms with Gasteiger partial charge in [0, 0.05) is 18.9 Å². The highest BCUT2D eigenvalue weighted by Crippen LogP contribution is 2.30. The van der Waals surface area contributed by atoms with Crippen LogP contribution in [-0.2, 0) is 17.5 Å². The zero-order valence-electron chi connectivity index (χ0n) is 20.2. The second-order valence-corrected chi connectivity index (χ2v) is 10.4. The summed E-state index contributed by atoms with van der Waals surface area (Å²) in [5.41, 5.74) is 1.58. The van der Waals surface area contributed by atoms with Gasteiger partial charge in [0.05, 0.1) is 41.8 Å². The number of nitrogens with zero attached hydrogens (tertiary/aromatic N) is 4. The maximum atomic E-state index is 13.2. The molecule has 0 bridgehead atoms. The van der Waals surface area contributed by atoms with Crippen molar-refractivity contribution in [1.82, 2.24) is 19.3 Å². The fourth-order valence-corrected chi connectivity index (χ4v) is 5.40. The summed E-state index contributed by atoms with van der Waals surface area (Å²) < 4.78 is 58.7. The quantitative estimate of drug-likeness (QED) is 0.337. The zero-order chi connectivity index (χ0) is 26.9. The van der Waals surface area contributed by atoms with Crippen molar-refractivity contribution >= 4 is 17.2 Å². The Labute approximate surface area is 219 Å². The van der Waals surface area contributed by atoms with E-state index in [-0.39, 0.29) is 12.4 Å². The number of halogens is 3. The third-order valence-corrected chi connectivity index (χ3v) is 7.67. The first-order valence-corrected chi connectivity index (χ1v) is 12.9. The summed E-state index contributed by atoms with van der Waals surface area (Å²) >= 11 is -1.49. The van der Waals surface area contributed by atoms with Gasteiger partial charge in [-0.15, -0.1) is 4.31 Å². The van der Waals surface area contributed by atoms with Crippen LogP contribution < -0.4 is 5.32 Å². The van der Waals surface area contributed by atoms with Gasteiger partial charge >= 0.3 is 6.18 Å². The Morgan fingerprint density at radius 3 is 2.47 bits per heavy atom. The number of pyridine rings is 2. The lowest BCUT2D eigenvalue weighted by molar-refractivity contribution is -0.137. The smallest absolute Gasteiger partial charge is 0.417 e. The predicted octanol–water partition coefficient (Wildman–Crippen LogP) is 4.70. The number of aliphatic hydroxyl groups is 1. The van der Waals surface area contributed by atoms with E-state index in [9.17, 15) is 22.8 Å². The number of rotatable bonds is 6. The molecular formula is C26H24F3N5O3S. The van der Waals surface area contributed by atoms with Gasteiger partial charge < -0.3 is 19.4 Å². The Bertz CT molecular complexity index is 1380. The van der Waals surface area contributed by atoms with Crippen molar-refractivity contribution in [3.63, 3.8) is 0 Å². The Kier molecular flexibility index (Phi) is 7.39. The van der Waals surface area contributed by atoms with Crippen molar-refractivity contribution in [3.05, 3.63) is 78.4 Å². The van der Waals surface area contributed by atoms with Crippen molar-refractivity contribution in [2.45, 2.75) is 36.6 Å². The molecule has 0 radical (unpaired) electrons. The number of hydrogen-bond donors (Lipinski definition) is 2. The van der Waals surface area contributed by atoms with Gasteiger partial charge in [0.1, 0.15) is 17.3 Å². The number of hydrogen-bond acceptors (Lipinski definition) is 8. The van der Waals surface area contributed by atoms with Gasteiger partial charge in [-0.2, -0.15) is 13.2 Å². The largest absolute Gasteiger partial charge is 0.593 e. The highest BCUT2D eigenvalue weighted by Gasteiger charge is 2.35. The second-order valence-electron chi connectivity index (χ2n) is 8.90. The van der Waals surface area contributed by atoms with Crippen molar-refractivity contribution in [2.24, 2.45) is 0 Å². The summed E-state index contributed by atoms with van der Waals surface area (Å²) in [7, 11) is 0. The van der Waals surface area contributed by atoms with Crippen molar-refractivity contribution < 1.29 is 27.2 Å². The number of alkyl halides is 3. The van der Waals surface area contributed by atoms with Gasteiger partial charge in [0.2, 0.25) is 5.89 Å². The fraction of sp³-hybridized carbons (Fsp3) is 0.269. The van der Waals surface area contributed by atoms with Gasteiger partial charge in [-0.1, -0.05) is 0 Å². The summed E-state index contributed by atoms with van der Waals surface area (Å²) in [4.78, 5) is 12.9. The standard InChI is InChI=1S/C26H24F3N5O3S/c1-16-13-32-25(37-16)22-12-18(8-10-30-22)17-2-5-20(6-3-17)38(36)34-11-9-21(23(35)15-34)33-24-7-4-19(14-31-24)26(27,28)29/h2-8,10,12-14,21,23,35H,9,11,15H2,1H3,(H,31,33)/t21-,23+,38?/m1/s1. The molecule has 0 spiro atoms. The average molecular weight is 544 g/mol. The van der Waals surface area contributed by atoms with E-state index in [1.807, 2.05) is 31.2 Å². The van der Waals surface area contributed by atoms with Crippen LogP contribution >= 0.6 is 0 Å². The van der Waals surface area contributed by atoms with E-state index in [4.69, 9.17) is 4.42 Å². The van der Waals surface area contributed by atoms with E-state index in [1.165, 1.54) is 6.07 Å². The maximum absolute atomic E-state index is 13.2. The Morgan fingerprint density at radius 2 is 1.84 bits per heavy atom. The van der Waals surface area contributed by atoms with Crippen LogP contribution in [0.15, 0.2) is 76.4 Å². The molecule has 3 atom stereocenters. The van der Waals surface area contributed by atoms with Crippen LogP contribution in [-0.4, -0.2) is 54.2 Å². The summed E-state index contributed by atoms with van der Waals surface area (Å²) in [5.74, 6) is 1.37. The molecule has 0 saturated carbocycles. The van der Waals surface area contributed by atoms with Crippen LogP contribution in [0.5, 0.6) is 0 Å². The third-order valence-electron chi connectivity index (χ3n) is 6.19. The number of anilines is 1. The number of oxazole rings is 1. The lowest BCUT2D eigenvalue weighted by atomic mass is 10.0. The lowest BCUT2D eigenvalue weighted by Crippen LogP contribution is -2.51. The first-order chi connectivity index (χ1) is 18.2. The van der Waals surface area contributed by atoms with E-state index < -0.39 is 35.2 Å². The molecule has 4 aromatic rings. The van der Waals surface area contributed by atoms with Gasteiger partial charge in [-0.25, -0.2) is 9.97 Å². The highest BCUT2D eigenvalue weighted by molar-refractivity contribution is 7.89. The molecule has 5 rings (SSSR count). The van der Waals surface area contributed by atoms with Crippen molar-refractivity contribution in [3.8, 4) is 22.7 Å². The van der Waals surface area contributed by atoms with Crippen LogP contribution in [0.25, 0.3) is 22.7 Å². The Hall–Kier alpha value is -3.45. The molecule has 0 aliphatic carbocycles. The number of aliphatic hydroxyl groups excluding tert-OH is 1. The van der Waals surface area contributed by atoms with Gasteiger partial charge in [-0.3, -0.25) is 4.98 Å². The highest BCUT2D eigenvalue weighted by atomic mass is 32.2. The second kappa shape index (κ2) is 10.7. The van der Waals surface area contributed by atoms with E-state index >= 15 is 0 Å². The predicted molar refractivity (Wildman–Crippen MR) is 135 cm³/mol. The van der Waals surface area contributed by atoms with Crippen LogP contribution in [0.4, 0.5) is 19.0 Å². The van der Waals surface area contributed by atoms with Gasteiger partial charge in [0.15, 0.2) is 4.90 Å². The molecule has 1 aromatic carbocycles. The van der Waals surface area contributed by atoms with Crippen LogP contribution in [0.3, 0.4) is 0 Å². The van der Waals surface area contributed by atoms with Crippen LogP contribution in [0.2, 0.25) is 0 Å². The molecule has 3 aromatic heterocycles. The zero-order valence-corrected chi connectivity index (χ0v) is 21.0. The number of nitrogens with one attached hydrogen (secondary N) is 1. The van der Waals surface area contributed by atoms with Gasteiger partial charge in [0.25, 0.3) is 0 Å². The Balaban J connectivity index is 1.21. The number of aryl methyl sites for hydroxylation is 1. The molecule has 12 heteroatoms. The normalized spacial score (nSPS) is 19.3. The summed E-state index contributed by atoms with van der Waals surface area (Å²) in [6.07, 6.45) is -0.843. The maximum Gasteiger partial charge on any atom is 0.417 e. The molecule has 1 unspecified atom stereocenters. The van der Waals surface area contributed by atoms with Crippen LogP contribution in [0.1, 0.15) is 17.7 Å². The monoisotopic (exact) mass is 543 g/mol. The first-order valence-electron chi connectivity index (χ1n) is 11.8. The first kappa shape index (κ1) is 26.2. The lowest BCUT2D eigenvalue weighted by Gasteiger charge is -2.35. The van der Waals surface area contributed by atoms with Crippen molar-refractivity contribution in [1.29, 1.82) is 0 Å². The third kappa shape index (κ3) is 5.83. The molecule has 2 N–H and O–H groups in total. The minimum absolute atomic E-state index is 0.135. The van der Waals surface area contributed by atoms with E-state index in [2.05, 4.69) is 20.3 Å². The van der Waals surface area contributed by atoms with E-state index in [0.717, 1.165) is 23.4 Å². The number of aromatic nitrogens is 3. The minimum atomic E-state index is -4.46. The average Bonchev–Trinajstić information content (AvgIpc) is 3.36. The molecule has 198 valence electrons. The molecule has 1 aliphatic heterocycles. The summed E-state index contributed by atoms with van der Waals surface area (Å²) in [6, 6.07) is 12.8. The Morgan fingerprint density at radius 1 is 1.05 bits per heavy atom. The van der Waals surface area contributed by atoms with Gasteiger partial charge in [-0.05, 0) is 73.0 Å². The molecule has 4 heterocycles. The van der Waals surface area contributed by atoms with Crippen LogP contribution in [0, 0.1) is 6.92 Å². The molecule has 38 heavy (non-hydrogen) atoms. The van der Waals surface area contributed by atoms with Crippen molar-refractivity contribution in [2.75, 3.05) is 18.4 Å². The number of benzene rings is 1.